The average molecular weight is 432 g/mol. The summed E-state index contributed by atoms with van der Waals surface area (Å²) in [6.07, 6.45) is 0.738. The fourth-order valence-electron chi connectivity index (χ4n) is 3.53. The lowest BCUT2D eigenvalue weighted by molar-refractivity contribution is -0.122. The Morgan fingerprint density at radius 3 is 1.90 bits per heavy atom. The third-order valence-electron chi connectivity index (χ3n) is 5.39. The molecule has 0 saturated carbocycles. The van der Waals surface area contributed by atoms with Gasteiger partial charge < -0.3 is 4.18 Å². The molecule has 2 unspecified atom stereocenters. The van der Waals surface area contributed by atoms with Crippen LogP contribution in [0, 0.1) is 5.92 Å². The van der Waals surface area contributed by atoms with Crippen molar-refractivity contribution in [1.29, 1.82) is 0 Å². The van der Waals surface area contributed by atoms with E-state index in [0.717, 1.165) is 23.1 Å². The molecule has 0 radical (unpaired) electrons. The van der Waals surface area contributed by atoms with E-state index in [1.54, 1.807) is 0 Å². The fraction of sp³-hybridized carbons (Fsp3) is 0.458. The Morgan fingerprint density at radius 2 is 1.43 bits per heavy atom. The summed E-state index contributed by atoms with van der Waals surface area (Å²) in [5, 5.41) is 0. The number of amides is 1. The van der Waals surface area contributed by atoms with E-state index in [4.69, 9.17) is 4.18 Å². The minimum Gasteiger partial charge on any atom is -0.366 e. The van der Waals surface area contributed by atoms with Gasteiger partial charge in [0.25, 0.3) is 0 Å². The van der Waals surface area contributed by atoms with Crippen LogP contribution in [0.5, 0.6) is 5.75 Å². The minimum absolute atomic E-state index is 0.0308. The maximum absolute atomic E-state index is 13.0. The second kappa shape index (κ2) is 10.1. The molecule has 0 fully saturated rings. The third-order valence-corrected chi connectivity index (χ3v) is 6.23. The molecule has 0 saturated heterocycles. The molecule has 2 atom stereocenters. The quantitative estimate of drug-likeness (QED) is 0.569. The van der Waals surface area contributed by atoms with E-state index in [2.05, 4.69) is 4.72 Å². The summed E-state index contributed by atoms with van der Waals surface area (Å²) >= 11 is 0. The monoisotopic (exact) mass is 431 g/mol. The van der Waals surface area contributed by atoms with Crippen LogP contribution in [-0.4, -0.2) is 14.3 Å². The Hall–Kier alpha value is -2.34. The molecule has 0 aliphatic rings. The predicted octanol–water partition coefficient (Wildman–Crippen LogP) is 5.50. The number of rotatable bonds is 9. The van der Waals surface area contributed by atoms with E-state index >= 15 is 0 Å². The number of hydrogen-bond acceptors (Lipinski definition) is 4. The van der Waals surface area contributed by atoms with Crippen LogP contribution in [-0.2, 0) is 15.1 Å². The smallest absolute Gasteiger partial charge is 0.366 e. The van der Waals surface area contributed by atoms with Crippen molar-refractivity contribution < 1.29 is 17.4 Å². The van der Waals surface area contributed by atoms with Gasteiger partial charge >= 0.3 is 10.3 Å². The van der Waals surface area contributed by atoms with Gasteiger partial charge in [-0.3, -0.25) is 4.79 Å². The molecule has 0 bridgehead atoms. The molecule has 0 aromatic heterocycles. The Morgan fingerprint density at radius 1 is 0.900 bits per heavy atom. The van der Waals surface area contributed by atoms with Crippen LogP contribution in [0.4, 0.5) is 0 Å². The van der Waals surface area contributed by atoms with Crippen LogP contribution in [0.1, 0.15) is 82.4 Å². The summed E-state index contributed by atoms with van der Waals surface area (Å²) in [6, 6.07) is 14.9. The molecule has 0 aliphatic carbocycles. The van der Waals surface area contributed by atoms with Crippen LogP contribution in [0.3, 0.4) is 0 Å². The van der Waals surface area contributed by atoms with E-state index in [9.17, 15) is 13.2 Å². The SMILES string of the molecule is CCC(C)C(C(=O)NS(=O)(=O)Oc1c(C(C)C)cccc1C(C)C)c1ccccc1. The van der Waals surface area contributed by atoms with E-state index < -0.39 is 22.1 Å². The predicted molar refractivity (Wildman–Crippen MR) is 121 cm³/mol. The van der Waals surface area contributed by atoms with Gasteiger partial charge in [0, 0.05) is 0 Å². The number of nitrogens with one attached hydrogen (secondary N) is 1. The van der Waals surface area contributed by atoms with Crippen LogP contribution < -0.4 is 8.91 Å². The largest absolute Gasteiger partial charge is 0.409 e. The van der Waals surface area contributed by atoms with Crippen molar-refractivity contribution in [2.45, 2.75) is 65.7 Å². The molecular weight excluding hydrogens is 398 g/mol. The van der Waals surface area contributed by atoms with E-state index in [0.29, 0.717) is 5.75 Å². The highest BCUT2D eigenvalue weighted by Gasteiger charge is 2.30. The van der Waals surface area contributed by atoms with Crippen molar-refractivity contribution in [2.24, 2.45) is 5.92 Å². The van der Waals surface area contributed by atoms with Gasteiger partial charge in [-0.1, -0.05) is 96.5 Å². The van der Waals surface area contributed by atoms with Crippen molar-refractivity contribution in [2.75, 3.05) is 0 Å². The zero-order valence-electron chi connectivity index (χ0n) is 18.7. The Kier molecular flexibility index (Phi) is 8.07. The Bertz CT molecular complexity index is 926. The Labute approximate surface area is 181 Å². The van der Waals surface area contributed by atoms with Crippen molar-refractivity contribution >= 4 is 16.2 Å². The highest BCUT2D eigenvalue weighted by molar-refractivity contribution is 7.85. The lowest BCUT2D eigenvalue weighted by atomic mass is 9.85. The molecule has 6 heteroatoms. The zero-order valence-corrected chi connectivity index (χ0v) is 19.5. The molecule has 1 amide bonds. The molecule has 0 heterocycles. The molecule has 2 aromatic carbocycles. The lowest BCUT2D eigenvalue weighted by Gasteiger charge is -2.23. The van der Waals surface area contributed by atoms with E-state index in [1.165, 1.54) is 0 Å². The van der Waals surface area contributed by atoms with Crippen LogP contribution in [0.25, 0.3) is 0 Å². The van der Waals surface area contributed by atoms with Gasteiger partial charge in [-0.15, -0.1) is 0 Å². The lowest BCUT2D eigenvalue weighted by Crippen LogP contribution is -2.39. The van der Waals surface area contributed by atoms with Gasteiger partial charge in [-0.05, 0) is 34.4 Å². The van der Waals surface area contributed by atoms with Crippen LogP contribution in [0.15, 0.2) is 48.5 Å². The topological polar surface area (TPSA) is 72.5 Å². The molecule has 0 aliphatic heterocycles. The number of hydrogen-bond donors (Lipinski definition) is 1. The first-order valence-electron chi connectivity index (χ1n) is 10.5. The Balaban J connectivity index is 2.36. The van der Waals surface area contributed by atoms with Gasteiger partial charge in [0.1, 0.15) is 0 Å². The zero-order chi connectivity index (χ0) is 22.5. The maximum Gasteiger partial charge on any atom is 0.409 e. The van der Waals surface area contributed by atoms with E-state index in [-0.39, 0.29) is 17.8 Å². The van der Waals surface area contributed by atoms with E-state index in [1.807, 2.05) is 90.1 Å². The first-order valence-corrected chi connectivity index (χ1v) is 11.9. The maximum atomic E-state index is 13.0. The van der Waals surface area contributed by atoms with Gasteiger partial charge in [-0.25, -0.2) is 4.72 Å². The van der Waals surface area contributed by atoms with Crippen molar-refractivity contribution in [1.82, 2.24) is 4.72 Å². The number of para-hydroxylation sites is 1. The first kappa shape index (κ1) is 23.9. The van der Waals surface area contributed by atoms with Crippen LogP contribution in [0.2, 0.25) is 0 Å². The fourth-order valence-corrected chi connectivity index (χ4v) is 4.36. The number of carbonyl (C=O) groups excluding carboxylic acids is 1. The van der Waals surface area contributed by atoms with Crippen LogP contribution >= 0.6 is 0 Å². The van der Waals surface area contributed by atoms with Crippen molar-refractivity contribution in [3.63, 3.8) is 0 Å². The molecule has 30 heavy (non-hydrogen) atoms. The molecule has 2 rings (SSSR count). The summed E-state index contributed by atoms with van der Waals surface area (Å²) in [4.78, 5) is 13.0. The van der Waals surface area contributed by atoms with Gasteiger partial charge in [0.05, 0.1) is 5.92 Å². The molecular formula is C24H33NO4S. The summed E-state index contributed by atoms with van der Waals surface area (Å²) in [7, 11) is -4.34. The molecule has 5 nitrogen and oxygen atoms in total. The van der Waals surface area contributed by atoms with Gasteiger partial charge in [0.15, 0.2) is 5.75 Å². The molecule has 2 aromatic rings. The summed E-state index contributed by atoms with van der Waals surface area (Å²) in [5.74, 6) is -0.744. The number of benzene rings is 2. The highest BCUT2D eigenvalue weighted by Crippen LogP contribution is 2.35. The second-order valence-electron chi connectivity index (χ2n) is 8.35. The van der Waals surface area contributed by atoms with Gasteiger partial charge in [0.2, 0.25) is 5.91 Å². The van der Waals surface area contributed by atoms with Crippen molar-refractivity contribution in [3.8, 4) is 5.75 Å². The van der Waals surface area contributed by atoms with Crippen molar-refractivity contribution in [3.05, 3.63) is 65.2 Å². The number of carbonyl (C=O) groups is 1. The minimum atomic E-state index is -4.34. The third kappa shape index (κ3) is 5.85. The summed E-state index contributed by atoms with van der Waals surface area (Å²) in [5.41, 5.74) is 2.37. The summed E-state index contributed by atoms with van der Waals surface area (Å²) < 4.78 is 33.4. The molecule has 1 N–H and O–H groups in total. The second-order valence-corrected chi connectivity index (χ2v) is 9.63. The first-order chi connectivity index (χ1) is 14.1. The normalized spacial score (nSPS) is 13.9. The standard InChI is InChI=1S/C24H33NO4S/c1-7-18(6)22(19-12-9-8-10-13-19)24(26)25-30(27,28)29-23-20(16(2)3)14-11-15-21(23)17(4)5/h8-18,22H,7H2,1-6H3,(H,25,26). The molecule has 0 spiro atoms. The van der Waals surface area contributed by atoms with Gasteiger partial charge in [-0.2, -0.15) is 8.42 Å². The summed E-state index contributed by atoms with van der Waals surface area (Å²) in [6.45, 7) is 11.8. The average Bonchev–Trinajstić information content (AvgIpc) is 2.67. The molecule has 164 valence electrons. The highest BCUT2D eigenvalue weighted by atomic mass is 32.2.